The van der Waals surface area contributed by atoms with Gasteiger partial charge in [-0.05, 0) is 38.0 Å². The van der Waals surface area contributed by atoms with Crippen LogP contribution >= 0.6 is 0 Å². The van der Waals surface area contributed by atoms with E-state index >= 15 is 0 Å². The maximum absolute atomic E-state index is 12.2. The first-order valence-electron chi connectivity index (χ1n) is 7.07. The highest BCUT2D eigenvalue weighted by molar-refractivity contribution is 5.96. The molecule has 0 aliphatic carbocycles. The molecule has 5 heteroatoms. The zero-order chi connectivity index (χ0) is 16.2. The van der Waals surface area contributed by atoms with Crippen LogP contribution in [0.25, 0.3) is 0 Å². The summed E-state index contributed by atoms with van der Waals surface area (Å²) in [5.74, 6) is -0.702. The van der Waals surface area contributed by atoms with Crippen LogP contribution in [0.3, 0.4) is 0 Å². The van der Waals surface area contributed by atoms with Crippen LogP contribution in [0, 0.1) is 11.8 Å². The van der Waals surface area contributed by atoms with Crippen molar-refractivity contribution in [2.45, 2.75) is 40.7 Å². The Morgan fingerprint density at radius 1 is 1.14 bits per heavy atom. The molecular formula is C16H23NO4. The predicted octanol–water partition coefficient (Wildman–Crippen LogP) is 3.40. The van der Waals surface area contributed by atoms with Gasteiger partial charge >= 0.3 is 5.97 Å². The molecule has 0 spiro atoms. The van der Waals surface area contributed by atoms with Crippen molar-refractivity contribution < 1.29 is 19.4 Å². The molecule has 0 heterocycles. The fourth-order valence-corrected chi connectivity index (χ4v) is 1.67. The fraction of sp³-hybridized carbons (Fsp3) is 0.500. The number of carbonyl (C=O) groups excluding carboxylic acids is 1. The molecule has 0 saturated carbocycles. The molecule has 21 heavy (non-hydrogen) atoms. The minimum absolute atomic E-state index is 0.0705. The van der Waals surface area contributed by atoms with Gasteiger partial charge in [-0.1, -0.05) is 20.8 Å². The summed E-state index contributed by atoms with van der Waals surface area (Å²) in [5.41, 5.74) is 0.500. The Bertz CT molecular complexity index is 523. The third-order valence-electron chi connectivity index (χ3n) is 3.26. The standard InChI is InChI=1S/C16H23NO4/c1-9(2)11(5)15(18)17-13-8-12(16(19)20)6-7-14(13)21-10(3)4/h6-11H,1-5H3,(H,17,18)(H,19,20). The Morgan fingerprint density at radius 2 is 1.76 bits per heavy atom. The van der Waals surface area contributed by atoms with Crippen LogP contribution < -0.4 is 10.1 Å². The van der Waals surface area contributed by atoms with Gasteiger partial charge in [0.25, 0.3) is 0 Å². The van der Waals surface area contributed by atoms with Crippen molar-refractivity contribution >= 4 is 17.6 Å². The fourth-order valence-electron chi connectivity index (χ4n) is 1.67. The topological polar surface area (TPSA) is 75.6 Å². The summed E-state index contributed by atoms with van der Waals surface area (Å²) in [4.78, 5) is 23.2. The summed E-state index contributed by atoms with van der Waals surface area (Å²) in [6.07, 6.45) is -0.0705. The van der Waals surface area contributed by atoms with Gasteiger partial charge in [-0.15, -0.1) is 0 Å². The van der Waals surface area contributed by atoms with Gasteiger partial charge in [0, 0.05) is 5.92 Å². The number of carboxylic acid groups (broad SMARTS) is 1. The Labute approximate surface area is 125 Å². The maximum Gasteiger partial charge on any atom is 0.335 e. The molecule has 116 valence electrons. The normalized spacial score (nSPS) is 12.3. The van der Waals surface area contributed by atoms with Gasteiger partial charge in [0.2, 0.25) is 5.91 Å². The van der Waals surface area contributed by atoms with Crippen molar-refractivity contribution in [3.63, 3.8) is 0 Å². The molecule has 1 amide bonds. The van der Waals surface area contributed by atoms with Crippen molar-refractivity contribution in [1.29, 1.82) is 0 Å². The van der Waals surface area contributed by atoms with Gasteiger partial charge in [0.1, 0.15) is 5.75 Å². The molecule has 5 nitrogen and oxygen atoms in total. The zero-order valence-electron chi connectivity index (χ0n) is 13.1. The van der Waals surface area contributed by atoms with E-state index in [1.807, 2.05) is 34.6 Å². The van der Waals surface area contributed by atoms with Crippen LogP contribution in [0.5, 0.6) is 5.75 Å². The number of anilines is 1. The quantitative estimate of drug-likeness (QED) is 0.842. The first kappa shape index (κ1) is 17.0. The van der Waals surface area contributed by atoms with E-state index < -0.39 is 5.97 Å². The molecule has 1 aromatic rings. The maximum atomic E-state index is 12.2. The minimum atomic E-state index is -1.04. The molecule has 0 bridgehead atoms. The van der Waals surface area contributed by atoms with Gasteiger partial charge in [0.15, 0.2) is 0 Å². The predicted molar refractivity (Wildman–Crippen MR) is 81.8 cm³/mol. The molecule has 2 N–H and O–H groups in total. The molecule has 0 fully saturated rings. The Balaban J connectivity index is 3.08. The van der Waals surface area contributed by atoms with E-state index in [2.05, 4.69) is 5.32 Å². The molecule has 0 aliphatic heterocycles. The first-order valence-corrected chi connectivity index (χ1v) is 7.07. The highest BCUT2D eigenvalue weighted by Gasteiger charge is 2.19. The second-order valence-corrected chi connectivity index (χ2v) is 5.70. The van der Waals surface area contributed by atoms with Crippen LogP contribution in [0.2, 0.25) is 0 Å². The van der Waals surface area contributed by atoms with Crippen LogP contribution in [-0.2, 0) is 4.79 Å². The van der Waals surface area contributed by atoms with Crippen molar-refractivity contribution in [1.82, 2.24) is 0 Å². The number of hydrogen-bond acceptors (Lipinski definition) is 3. The number of amides is 1. The number of rotatable bonds is 6. The minimum Gasteiger partial charge on any atom is -0.489 e. The lowest BCUT2D eigenvalue weighted by Crippen LogP contribution is -2.25. The van der Waals surface area contributed by atoms with Crippen molar-refractivity contribution in [3.8, 4) is 5.75 Å². The number of nitrogens with one attached hydrogen (secondary N) is 1. The van der Waals surface area contributed by atoms with Crippen LogP contribution in [0.1, 0.15) is 45.0 Å². The summed E-state index contributed by atoms with van der Waals surface area (Å²) < 4.78 is 5.61. The van der Waals surface area contributed by atoms with Crippen LogP contribution in [0.15, 0.2) is 18.2 Å². The second-order valence-electron chi connectivity index (χ2n) is 5.70. The lowest BCUT2D eigenvalue weighted by Gasteiger charge is -2.19. The average Bonchev–Trinajstić information content (AvgIpc) is 2.38. The lowest BCUT2D eigenvalue weighted by molar-refractivity contribution is -0.120. The summed E-state index contributed by atoms with van der Waals surface area (Å²) in [6, 6.07) is 4.45. The number of ether oxygens (including phenoxy) is 1. The van der Waals surface area contributed by atoms with Crippen molar-refractivity contribution in [3.05, 3.63) is 23.8 Å². The van der Waals surface area contributed by atoms with E-state index in [-0.39, 0.29) is 29.4 Å². The van der Waals surface area contributed by atoms with Gasteiger partial charge in [-0.3, -0.25) is 4.79 Å². The third-order valence-corrected chi connectivity index (χ3v) is 3.26. The summed E-state index contributed by atoms with van der Waals surface area (Å²) in [5, 5.41) is 11.8. The van der Waals surface area contributed by atoms with Crippen LogP contribution in [-0.4, -0.2) is 23.1 Å². The molecule has 0 aromatic heterocycles. The molecule has 1 atom stereocenters. The number of benzene rings is 1. The van der Waals surface area contributed by atoms with E-state index in [1.54, 1.807) is 6.07 Å². The summed E-state index contributed by atoms with van der Waals surface area (Å²) in [7, 11) is 0. The number of aromatic carboxylic acids is 1. The first-order chi connectivity index (χ1) is 9.72. The number of carbonyl (C=O) groups is 2. The van der Waals surface area contributed by atoms with E-state index in [1.165, 1.54) is 12.1 Å². The van der Waals surface area contributed by atoms with Gasteiger partial charge in [0.05, 0.1) is 17.4 Å². The Kier molecular flexibility index (Phi) is 5.76. The largest absolute Gasteiger partial charge is 0.489 e. The van der Waals surface area contributed by atoms with E-state index in [0.29, 0.717) is 11.4 Å². The second kappa shape index (κ2) is 7.11. The smallest absolute Gasteiger partial charge is 0.335 e. The highest BCUT2D eigenvalue weighted by atomic mass is 16.5. The SMILES string of the molecule is CC(C)Oc1ccc(C(=O)O)cc1NC(=O)C(C)C(C)C. The molecule has 0 radical (unpaired) electrons. The molecular weight excluding hydrogens is 270 g/mol. The molecule has 0 aliphatic rings. The number of hydrogen-bond donors (Lipinski definition) is 2. The van der Waals surface area contributed by atoms with Gasteiger partial charge in [-0.25, -0.2) is 4.79 Å². The monoisotopic (exact) mass is 293 g/mol. The average molecular weight is 293 g/mol. The Morgan fingerprint density at radius 3 is 2.24 bits per heavy atom. The molecule has 1 aromatic carbocycles. The summed E-state index contributed by atoms with van der Waals surface area (Å²) in [6.45, 7) is 9.50. The van der Waals surface area contributed by atoms with Crippen molar-refractivity contribution in [2.75, 3.05) is 5.32 Å². The van der Waals surface area contributed by atoms with Gasteiger partial charge in [-0.2, -0.15) is 0 Å². The molecule has 0 saturated heterocycles. The molecule has 1 rings (SSSR count). The summed E-state index contributed by atoms with van der Waals surface area (Å²) >= 11 is 0. The Hall–Kier alpha value is -2.04. The molecule has 1 unspecified atom stereocenters. The van der Waals surface area contributed by atoms with E-state index in [0.717, 1.165) is 0 Å². The van der Waals surface area contributed by atoms with Crippen LogP contribution in [0.4, 0.5) is 5.69 Å². The number of carboxylic acids is 1. The van der Waals surface area contributed by atoms with Gasteiger partial charge < -0.3 is 15.2 Å². The zero-order valence-corrected chi connectivity index (χ0v) is 13.1. The lowest BCUT2D eigenvalue weighted by atomic mass is 9.97. The van der Waals surface area contributed by atoms with Crippen molar-refractivity contribution in [2.24, 2.45) is 11.8 Å². The third kappa shape index (κ3) is 4.77. The van der Waals surface area contributed by atoms with E-state index in [9.17, 15) is 9.59 Å². The highest BCUT2D eigenvalue weighted by Crippen LogP contribution is 2.28. The van der Waals surface area contributed by atoms with E-state index in [4.69, 9.17) is 9.84 Å².